The maximum atomic E-state index is 14.9. The van der Waals surface area contributed by atoms with E-state index in [0.29, 0.717) is 50.4 Å². The maximum Gasteiger partial charge on any atom is 0.247 e. The topological polar surface area (TPSA) is 90.4 Å². The molecule has 2 aromatic carbocycles. The van der Waals surface area contributed by atoms with Gasteiger partial charge in [0.1, 0.15) is 11.8 Å². The number of aliphatic hydroxyl groups is 1. The molecule has 0 aliphatic carbocycles. The van der Waals surface area contributed by atoms with Crippen molar-refractivity contribution >= 4 is 35.2 Å². The molecular formula is C38H49N3O5S. The van der Waals surface area contributed by atoms with Crippen molar-refractivity contribution in [2.24, 2.45) is 17.8 Å². The summed E-state index contributed by atoms with van der Waals surface area (Å²) in [5.41, 5.74) is 1.68. The molecule has 3 amide bonds. The van der Waals surface area contributed by atoms with Crippen molar-refractivity contribution in [1.29, 1.82) is 0 Å². The van der Waals surface area contributed by atoms with E-state index in [4.69, 9.17) is 4.74 Å². The minimum atomic E-state index is -0.817. The molecule has 252 valence electrons. The number of nitrogens with zero attached hydrogens (tertiary/aromatic N) is 3. The summed E-state index contributed by atoms with van der Waals surface area (Å²) in [6, 6.07) is 15.9. The molecule has 6 atom stereocenters. The number of hydrogen-bond acceptors (Lipinski definition) is 6. The van der Waals surface area contributed by atoms with Crippen molar-refractivity contribution in [2.75, 3.05) is 31.2 Å². The molecule has 47 heavy (non-hydrogen) atoms. The number of aliphatic hydroxyl groups excluding tert-OH is 1. The van der Waals surface area contributed by atoms with Crippen LogP contribution in [0.1, 0.15) is 52.5 Å². The zero-order valence-electron chi connectivity index (χ0n) is 28.1. The number of amides is 3. The normalized spacial score (nSPS) is 26.6. The summed E-state index contributed by atoms with van der Waals surface area (Å²) in [5.74, 6) is -0.969. The number of carbonyl (C=O) groups excluding carboxylic acids is 3. The van der Waals surface area contributed by atoms with Crippen LogP contribution in [0.25, 0.3) is 0 Å². The molecule has 3 saturated heterocycles. The van der Waals surface area contributed by atoms with E-state index in [-0.39, 0.29) is 36.8 Å². The molecule has 0 saturated carbocycles. The Bertz CT molecular complexity index is 1470. The average Bonchev–Trinajstić information content (AvgIpc) is 3.63. The van der Waals surface area contributed by atoms with Crippen molar-refractivity contribution in [1.82, 2.24) is 9.80 Å². The molecular weight excluding hydrogens is 611 g/mol. The SMILES string of the molecule is C=CCN(Cc1ccccc1)C(=O)C1N([C@@H](CO)CC(C)C)C(=O)[C@@H]2[C@H](C(=O)N(CC=C)c3ccc(OCC)cc3)[C@]3(C)CCC12S3. The Hall–Kier alpha value is -3.56. The predicted octanol–water partition coefficient (Wildman–Crippen LogP) is 5.71. The first-order valence-corrected chi connectivity index (χ1v) is 17.6. The molecule has 8 nitrogen and oxygen atoms in total. The van der Waals surface area contributed by atoms with Crippen molar-refractivity contribution in [3.63, 3.8) is 0 Å². The summed E-state index contributed by atoms with van der Waals surface area (Å²) in [6.07, 6.45) is 5.30. The zero-order chi connectivity index (χ0) is 33.9. The summed E-state index contributed by atoms with van der Waals surface area (Å²) in [5, 5.41) is 10.7. The smallest absolute Gasteiger partial charge is 0.247 e. The highest BCUT2D eigenvalue weighted by molar-refractivity contribution is 8.02. The van der Waals surface area contributed by atoms with E-state index < -0.39 is 33.4 Å². The minimum Gasteiger partial charge on any atom is -0.494 e. The lowest BCUT2D eigenvalue weighted by Gasteiger charge is -2.40. The molecule has 1 N–H and O–H groups in total. The van der Waals surface area contributed by atoms with Crippen molar-refractivity contribution in [3.05, 3.63) is 85.5 Å². The van der Waals surface area contributed by atoms with Gasteiger partial charge in [0, 0.05) is 30.1 Å². The first kappa shape index (κ1) is 34.8. The molecule has 3 fully saturated rings. The van der Waals surface area contributed by atoms with Crippen LogP contribution < -0.4 is 9.64 Å². The van der Waals surface area contributed by atoms with Crippen LogP contribution in [0.15, 0.2) is 79.9 Å². The average molecular weight is 660 g/mol. The van der Waals surface area contributed by atoms with Gasteiger partial charge in [-0.3, -0.25) is 14.4 Å². The van der Waals surface area contributed by atoms with Crippen molar-refractivity contribution in [2.45, 2.75) is 75.1 Å². The van der Waals surface area contributed by atoms with Gasteiger partial charge < -0.3 is 24.5 Å². The lowest BCUT2D eigenvalue weighted by Crippen LogP contribution is -2.57. The lowest BCUT2D eigenvalue weighted by molar-refractivity contribution is -0.146. The molecule has 0 aromatic heterocycles. The Morgan fingerprint density at radius 3 is 2.34 bits per heavy atom. The lowest BCUT2D eigenvalue weighted by atomic mass is 9.66. The Balaban J connectivity index is 1.58. The van der Waals surface area contributed by atoms with Gasteiger partial charge in [-0.15, -0.1) is 24.9 Å². The maximum absolute atomic E-state index is 14.9. The molecule has 2 bridgehead atoms. The largest absolute Gasteiger partial charge is 0.494 e. The van der Waals surface area contributed by atoms with Crippen LogP contribution in [0, 0.1) is 17.8 Å². The van der Waals surface area contributed by atoms with Gasteiger partial charge in [0.2, 0.25) is 17.7 Å². The number of fused-ring (bicyclic) bond motifs is 1. The van der Waals surface area contributed by atoms with Crippen LogP contribution in [0.5, 0.6) is 5.75 Å². The molecule has 3 heterocycles. The third-order valence-corrected chi connectivity index (χ3v) is 12.0. The van der Waals surface area contributed by atoms with Gasteiger partial charge in [-0.25, -0.2) is 0 Å². The van der Waals surface area contributed by atoms with Gasteiger partial charge in [0.05, 0.1) is 35.8 Å². The van der Waals surface area contributed by atoms with E-state index in [2.05, 4.69) is 33.9 Å². The highest BCUT2D eigenvalue weighted by atomic mass is 32.2. The Kier molecular flexibility index (Phi) is 10.6. The van der Waals surface area contributed by atoms with Crippen molar-refractivity contribution < 1.29 is 24.2 Å². The van der Waals surface area contributed by atoms with Gasteiger partial charge in [-0.1, -0.05) is 56.3 Å². The number of thioether (sulfide) groups is 1. The minimum absolute atomic E-state index is 0.145. The Morgan fingerprint density at radius 2 is 1.74 bits per heavy atom. The van der Waals surface area contributed by atoms with E-state index >= 15 is 0 Å². The van der Waals surface area contributed by atoms with Crippen LogP contribution in [-0.4, -0.2) is 80.5 Å². The molecule has 1 spiro atoms. The quantitative estimate of drug-likeness (QED) is 0.247. The third kappa shape index (κ3) is 6.36. The molecule has 2 unspecified atom stereocenters. The molecule has 0 radical (unpaired) electrons. The summed E-state index contributed by atoms with van der Waals surface area (Å²) in [7, 11) is 0. The third-order valence-electron chi connectivity index (χ3n) is 9.98. The fourth-order valence-electron chi connectivity index (χ4n) is 8.11. The second-order valence-electron chi connectivity index (χ2n) is 13.6. The summed E-state index contributed by atoms with van der Waals surface area (Å²) in [6.45, 7) is 17.2. The zero-order valence-corrected chi connectivity index (χ0v) is 29.0. The van der Waals surface area contributed by atoms with Crippen LogP contribution in [0.2, 0.25) is 0 Å². The number of likely N-dealkylation sites (tertiary alicyclic amines) is 1. The van der Waals surface area contributed by atoms with Crippen LogP contribution in [-0.2, 0) is 20.9 Å². The first-order chi connectivity index (χ1) is 22.5. The van der Waals surface area contributed by atoms with Crippen LogP contribution in [0.3, 0.4) is 0 Å². The second-order valence-corrected chi connectivity index (χ2v) is 15.5. The monoisotopic (exact) mass is 659 g/mol. The highest BCUT2D eigenvalue weighted by Crippen LogP contribution is 2.72. The number of hydrogen-bond donors (Lipinski definition) is 1. The predicted molar refractivity (Wildman–Crippen MR) is 188 cm³/mol. The van der Waals surface area contributed by atoms with E-state index in [0.717, 1.165) is 5.56 Å². The second kappa shape index (κ2) is 14.3. The van der Waals surface area contributed by atoms with E-state index in [1.54, 1.807) is 38.6 Å². The van der Waals surface area contributed by atoms with Crippen molar-refractivity contribution in [3.8, 4) is 5.75 Å². The fraction of sp³-hybridized carbons (Fsp3) is 0.500. The van der Waals surface area contributed by atoms with E-state index in [9.17, 15) is 19.5 Å². The fourth-order valence-corrected chi connectivity index (χ4v) is 10.4. The Morgan fingerprint density at radius 1 is 1.06 bits per heavy atom. The molecule has 3 aliphatic heterocycles. The number of rotatable bonds is 15. The van der Waals surface area contributed by atoms with Gasteiger partial charge in [-0.2, -0.15) is 0 Å². The number of carbonyl (C=O) groups is 3. The van der Waals surface area contributed by atoms with Crippen LogP contribution >= 0.6 is 11.8 Å². The van der Waals surface area contributed by atoms with Crippen LogP contribution in [0.4, 0.5) is 5.69 Å². The molecule has 9 heteroatoms. The highest BCUT2D eigenvalue weighted by Gasteiger charge is 2.78. The molecule has 5 rings (SSSR count). The number of benzene rings is 2. The van der Waals surface area contributed by atoms with Gasteiger partial charge in [-0.05, 0) is 68.9 Å². The molecule has 2 aromatic rings. The number of ether oxygens (including phenoxy) is 1. The van der Waals surface area contributed by atoms with Gasteiger partial charge >= 0.3 is 0 Å². The van der Waals surface area contributed by atoms with E-state index in [1.165, 1.54) is 0 Å². The Labute approximate surface area is 283 Å². The first-order valence-electron chi connectivity index (χ1n) is 16.8. The van der Waals surface area contributed by atoms with E-state index in [1.807, 2.05) is 61.5 Å². The van der Waals surface area contributed by atoms with Gasteiger partial charge in [0.15, 0.2) is 0 Å². The summed E-state index contributed by atoms with van der Waals surface area (Å²) in [4.78, 5) is 49.8. The standard InChI is InChI=1S/C38H49N3O5S/c1-7-21-39(24-27-13-11-10-12-14-27)36(45)33-38-20-19-37(6,47-38)31(32(38)35(44)41(33)29(25-42)23-26(4)5)34(43)40(22-8-2)28-15-17-30(18-16-28)46-9-3/h7-8,10-18,26,29,31-33,42H,1-2,9,19-25H2,3-6H3/t29-,31-,32+,33?,37+,38?/m1/s1. The summed E-state index contributed by atoms with van der Waals surface area (Å²) >= 11 is 1.65. The van der Waals surface area contributed by atoms with Gasteiger partial charge in [0.25, 0.3) is 0 Å². The summed E-state index contributed by atoms with van der Waals surface area (Å²) < 4.78 is 4.29. The number of anilines is 1. The molecule has 3 aliphatic rings.